The Labute approximate surface area is 121 Å². The van der Waals surface area contributed by atoms with Crippen LogP contribution in [0.3, 0.4) is 0 Å². The van der Waals surface area contributed by atoms with Crippen molar-refractivity contribution in [2.75, 3.05) is 0 Å². The number of ether oxygens (including phenoxy) is 1. The van der Waals surface area contributed by atoms with E-state index in [0.29, 0.717) is 12.5 Å². The molecule has 1 saturated carbocycles. The summed E-state index contributed by atoms with van der Waals surface area (Å²) < 4.78 is 5.92. The van der Waals surface area contributed by atoms with E-state index in [-0.39, 0.29) is 6.10 Å². The topological polar surface area (TPSA) is 45.0 Å². The second-order valence-corrected chi connectivity index (χ2v) is 5.99. The zero-order chi connectivity index (χ0) is 14.6. The molecule has 0 saturated heterocycles. The van der Waals surface area contributed by atoms with E-state index < -0.39 is 5.54 Å². The zero-order valence-electron chi connectivity index (χ0n) is 12.6. The molecule has 1 aromatic carbocycles. The molecule has 1 aromatic rings. The normalized spacial score (nSPS) is 18.9. The molecule has 0 aliphatic heterocycles. The molecule has 108 valence electrons. The molecule has 2 atom stereocenters. The van der Waals surface area contributed by atoms with E-state index in [1.807, 2.05) is 26.0 Å². The second kappa shape index (κ2) is 6.28. The molecule has 0 heterocycles. The number of nitrogens with one attached hydrogen (secondary N) is 1. The molecular weight excluding hydrogens is 248 g/mol. The van der Waals surface area contributed by atoms with Gasteiger partial charge in [-0.3, -0.25) is 5.32 Å². The van der Waals surface area contributed by atoms with Gasteiger partial charge in [-0.05, 0) is 50.8 Å². The van der Waals surface area contributed by atoms with E-state index in [1.165, 1.54) is 18.4 Å². The van der Waals surface area contributed by atoms with E-state index in [4.69, 9.17) is 4.74 Å². The van der Waals surface area contributed by atoms with Gasteiger partial charge in [-0.1, -0.05) is 19.1 Å². The Morgan fingerprint density at radius 3 is 2.55 bits per heavy atom. The molecule has 1 fully saturated rings. The SMILES string of the molecule is CCc1ccc(OC(C)CC(C)(C#N)NC2CC2)cc1. The van der Waals surface area contributed by atoms with Crippen molar-refractivity contribution >= 4 is 0 Å². The highest BCUT2D eigenvalue weighted by Gasteiger charge is 2.34. The summed E-state index contributed by atoms with van der Waals surface area (Å²) in [4.78, 5) is 0. The molecule has 3 heteroatoms. The first kappa shape index (κ1) is 14.9. The summed E-state index contributed by atoms with van der Waals surface area (Å²) in [5, 5.41) is 12.8. The molecule has 0 aromatic heterocycles. The number of rotatable bonds is 7. The summed E-state index contributed by atoms with van der Waals surface area (Å²) in [6.07, 6.45) is 4.11. The van der Waals surface area contributed by atoms with Gasteiger partial charge in [0, 0.05) is 12.5 Å². The monoisotopic (exact) mass is 272 g/mol. The smallest absolute Gasteiger partial charge is 0.119 e. The van der Waals surface area contributed by atoms with Gasteiger partial charge in [0.25, 0.3) is 0 Å². The number of nitrogens with zero attached hydrogens (tertiary/aromatic N) is 1. The molecule has 1 aliphatic rings. The van der Waals surface area contributed by atoms with Crippen LogP contribution < -0.4 is 10.1 Å². The standard InChI is InChI=1S/C17H24N2O/c1-4-14-5-9-16(10-6-14)20-13(2)11-17(3,12-18)19-15-7-8-15/h5-6,9-10,13,15,19H,4,7-8,11H2,1-3H3. The van der Waals surface area contributed by atoms with Crippen molar-refractivity contribution in [3.63, 3.8) is 0 Å². The summed E-state index contributed by atoms with van der Waals surface area (Å²) in [5.41, 5.74) is 0.812. The van der Waals surface area contributed by atoms with Crippen LogP contribution in [0.1, 0.15) is 45.6 Å². The summed E-state index contributed by atoms with van der Waals surface area (Å²) in [6, 6.07) is 11.1. The lowest BCUT2D eigenvalue weighted by Gasteiger charge is -2.27. The second-order valence-electron chi connectivity index (χ2n) is 5.99. The zero-order valence-corrected chi connectivity index (χ0v) is 12.6. The Balaban J connectivity index is 1.89. The van der Waals surface area contributed by atoms with Crippen molar-refractivity contribution < 1.29 is 4.74 Å². The van der Waals surface area contributed by atoms with E-state index in [1.54, 1.807) is 0 Å². The molecule has 2 unspecified atom stereocenters. The Morgan fingerprint density at radius 1 is 1.40 bits per heavy atom. The Hall–Kier alpha value is -1.53. The van der Waals surface area contributed by atoms with Crippen molar-refractivity contribution in [3.05, 3.63) is 29.8 Å². The molecule has 0 spiro atoms. The Morgan fingerprint density at radius 2 is 2.05 bits per heavy atom. The minimum atomic E-state index is -0.496. The van der Waals surface area contributed by atoms with Crippen LogP contribution in [0.4, 0.5) is 0 Å². The number of hydrogen-bond donors (Lipinski definition) is 1. The lowest BCUT2D eigenvalue weighted by Crippen LogP contribution is -2.45. The van der Waals surface area contributed by atoms with Gasteiger partial charge in [0.05, 0.1) is 12.2 Å². The van der Waals surface area contributed by atoms with Gasteiger partial charge >= 0.3 is 0 Å². The number of nitriles is 1. The highest BCUT2D eigenvalue weighted by Crippen LogP contribution is 2.25. The minimum absolute atomic E-state index is 0.0124. The van der Waals surface area contributed by atoms with Crippen LogP contribution in [-0.2, 0) is 6.42 Å². The lowest BCUT2D eigenvalue weighted by molar-refractivity contribution is 0.179. The van der Waals surface area contributed by atoms with Crippen LogP contribution in [0, 0.1) is 11.3 Å². The third-order valence-corrected chi connectivity index (χ3v) is 3.71. The maximum Gasteiger partial charge on any atom is 0.119 e. The number of benzene rings is 1. The van der Waals surface area contributed by atoms with Crippen molar-refractivity contribution in [1.29, 1.82) is 5.26 Å². The van der Waals surface area contributed by atoms with Gasteiger partial charge in [0.1, 0.15) is 11.3 Å². The van der Waals surface area contributed by atoms with Crippen molar-refractivity contribution in [2.24, 2.45) is 0 Å². The van der Waals surface area contributed by atoms with Gasteiger partial charge < -0.3 is 4.74 Å². The summed E-state index contributed by atoms with van der Waals surface area (Å²) in [5.74, 6) is 0.876. The van der Waals surface area contributed by atoms with Crippen molar-refractivity contribution in [2.45, 2.75) is 64.1 Å². The molecule has 1 N–H and O–H groups in total. The number of hydrogen-bond acceptors (Lipinski definition) is 3. The summed E-state index contributed by atoms with van der Waals surface area (Å²) in [7, 11) is 0. The first-order valence-electron chi connectivity index (χ1n) is 7.49. The fourth-order valence-corrected chi connectivity index (χ4v) is 2.47. The fraction of sp³-hybridized carbons (Fsp3) is 0.588. The fourth-order valence-electron chi connectivity index (χ4n) is 2.47. The molecular formula is C17H24N2O. The van der Waals surface area contributed by atoms with E-state index in [2.05, 4.69) is 30.4 Å². The Bertz CT molecular complexity index is 473. The van der Waals surface area contributed by atoms with Gasteiger partial charge in [-0.15, -0.1) is 0 Å². The van der Waals surface area contributed by atoms with Gasteiger partial charge in [0.2, 0.25) is 0 Å². The van der Waals surface area contributed by atoms with Crippen LogP contribution in [-0.4, -0.2) is 17.7 Å². The first-order chi connectivity index (χ1) is 9.54. The highest BCUT2D eigenvalue weighted by molar-refractivity contribution is 5.27. The molecule has 1 aliphatic carbocycles. The molecule has 0 amide bonds. The molecule has 0 bridgehead atoms. The maximum absolute atomic E-state index is 9.38. The van der Waals surface area contributed by atoms with Crippen LogP contribution in [0.25, 0.3) is 0 Å². The quantitative estimate of drug-likeness (QED) is 0.827. The average molecular weight is 272 g/mol. The number of aryl methyl sites for hydroxylation is 1. The maximum atomic E-state index is 9.38. The van der Waals surface area contributed by atoms with E-state index in [9.17, 15) is 5.26 Å². The summed E-state index contributed by atoms with van der Waals surface area (Å²) >= 11 is 0. The third-order valence-electron chi connectivity index (χ3n) is 3.71. The molecule has 3 nitrogen and oxygen atoms in total. The van der Waals surface area contributed by atoms with Crippen molar-refractivity contribution in [1.82, 2.24) is 5.32 Å². The van der Waals surface area contributed by atoms with Crippen LogP contribution in [0.2, 0.25) is 0 Å². The minimum Gasteiger partial charge on any atom is -0.491 e. The predicted octanol–water partition coefficient (Wildman–Crippen LogP) is 3.44. The molecule has 20 heavy (non-hydrogen) atoms. The lowest BCUT2D eigenvalue weighted by atomic mass is 9.96. The average Bonchev–Trinajstić information content (AvgIpc) is 3.23. The summed E-state index contributed by atoms with van der Waals surface area (Å²) in [6.45, 7) is 6.13. The Kier molecular flexibility index (Phi) is 4.67. The van der Waals surface area contributed by atoms with Crippen LogP contribution in [0.15, 0.2) is 24.3 Å². The molecule has 2 rings (SSSR count). The molecule has 0 radical (unpaired) electrons. The van der Waals surface area contributed by atoms with E-state index >= 15 is 0 Å². The van der Waals surface area contributed by atoms with Gasteiger partial charge in [-0.2, -0.15) is 5.26 Å². The van der Waals surface area contributed by atoms with Crippen LogP contribution >= 0.6 is 0 Å². The third kappa shape index (κ3) is 4.25. The first-order valence-corrected chi connectivity index (χ1v) is 7.49. The van der Waals surface area contributed by atoms with Gasteiger partial charge in [-0.25, -0.2) is 0 Å². The highest BCUT2D eigenvalue weighted by atomic mass is 16.5. The van der Waals surface area contributed by atoms with E-state index in [0.717, 1.165) is 12.2 Å². The van der Waals surface area contributed by atoms with Gasteiger partial charge in [0.15, 0.2) is 0 Å². The largest absolute Gasteiger partial charge is 0.491 e. The van der Waals surface area contributed by atoms with Crippen molar-refractivity contribution in [3.8, 4) is 11.8 Å². The predicted molar refractivity (Wildman–Crippen MR) is 80.7 cm³/mol. The van der Waals surface area contributed by atoms with Crippen LogP contribution in [0.5, 0.6) is 5.75 Å².